The molecule has 1 aromatic heterocycles. The largest absolute Gasteiger partial charge is 0.872 e. The molecule has 1 heterocycles. The third kappa shape index (κ3) is 3.07. The van der Waals surface area contributed by atoms with Crippen LogP contribution in [-0.4, -0.2) is 33.7 Å². The fourth-order valence-corrected chi connectivity index (χ4v) is 2.40. The maximum Gasteiger partial charge on any atom is 0.337 e. The number of carbonyl (C=O) groups is 2. The quantitative estimate of drug-likeness (QED) is 0.713. The molecule has 3 rings (SSSR count). The lowest BCUT2D eigenvalue weighted by Crippen LogP contribution is -2.07. The van der Waals surface area contributed by atoms with E-state index in [9.17, 15) is 19.8 Å². The number of hydrogen-bond donors (Lipinski definition) is 1. The molecule has 0 unspecified atom stereocenters. The van der Waals surface area contributed by atoms with Crippen LogP contribution < -0.4 is 9.84 Å². The normalized spacial score (nSPS) is 10.4. The van der Waals surface area contributed by atoms with Gasteiger partial charge in [-0.1, -0.05) is 23.9 Å². The van der Waals surface area contributed by atoms with E-state index in [1.165, 1.54) is 48.5 Å². The lowest BCUT2D eigenvalue weighted by atomic mass is 10.1. The Hall–Kier alpha value is -3.61. The molecule has 1 N–H and O–H groups in total. The summed E-state index contributed by atoms with van der Waals surface area (Å²) in [7, 11) is 1.44. The van der Waals surface area contributed by atoms with Gasteiger partial charge in [-0.2, -0.15) is 5.10 Å². The fourth-order valence-electron chi connectivity index (χ4n) is 2.40. The first-order chi connectivity index (χ1) is 12.0. The number of ketones is 1. The van der Waals surface area contributed by atoms with Gasteiger partial charge < -0.3 is 14.9 Å². The molecule has 7 nitrogen and oxygen atoms in total. The van der Waals surface area contributed by atoms with Crippen molar-refractivity contribution in [2.24, 2.45) is 0 Å². The average molecular weight is 337 g/mol. The zero-order valence-corrected chi connectivity index (χ0v) is 13.2. The van der Waals surface area contributed by atoms with E-state index in [2.05, 4.69) is 5.10 Å². The first-order valence-corrected chi connectivity index (χ1v) is 7.28. The van der Waals surface area contributed by atoms with Crippen molar-refractivity contribution in [3.05, 3.63) is 71.5 Å². The monoisotopic (exact) mass is 337 g/mol. The Balaban J connectivity index is 2.00. The van der Waals surface area contributed by atoms with E-state index in [1.54, 1.807) is 18.2 Å². The van der Waals surface area contributed by atoms with Crippen LogP contribution in [0.2, 0.25) is 0 Å². The predicted octanol–water partition coefficient (Wildman–Crippen LogP) is 1.88. The van der Waals surface area contributed by atoms with Crippen LogP contribution in [0.3, 0.4) is 0 Å². The number of methoxy groups -OCH3 is 1. The summed E-state index contributed by atoms with van der Waals surface area (Å²) in [5.74, 6) is -1.65. The van der Waals surface area contributed by atoms with Gasteiger partial charge >= 0.3 is 5.97 Å². The number of carboxylic acids is 1. The van der Waals surface area contributed by atoms with Gasteiger partial charge in [0.05, 0.1) is 30.1 Å². The number of benzene rings is 2. The summed E-state index contributed by atoms with van der Waals surface area (Å²) in [6, 6.07) is 10.4. The number of aromatic carboxylic acids is 1. The van der Waals surface area contributed by atoms with E-state index in [4.69, 9.17) is 4.74 Å². The number of hydrogen-bond acceptors (Lipinski definition) is 5. The molecule has 3 aromatic rings. The number of ether oxygens (including phenoxy) is 1. The molecule has 25 heavy (non-hydrogen) atoms. The van der Waals surface area contributed by atoms with E-state index < -0.39 is 17.5 Å². The van der Waals surface area contributed by atoms with E-state index >= 15 is 0 Å². The van der Waals surface area contributed by atoms with Crippen molar-refractivity contribution in [3.63, 3.8) is 0 Å². The SMILES string of the molecule is COc1ccc([O-])c(C(=O)c2cnn(-c3ccccc3C(=O)O)c2)c1. The molecular weight excluding hydrogens is 324 g/mol. The molecule has 0 aliphatic rings. The molecule has 2 aromatic carbocycles. The maximum atomic E-state index is 12.6. The Morgan fingerprint density at radius 3 is 2.64 bits per heavy atom. The minimum absolute atomic E-state index is 0.0366. The number of carbonyl (C=O) groups excluding carboxylic acids is 1. The summed E-state index contributed by atoms with van der Waals surface area (Å²) < 4.78 is 6.33. The molecule has 0 amide bonds. The minimum atomic E-state index is -1.10. The van der Waals surface area contributed by atoms with Crippen LogP contribution in [0.1, 0.15) is 26.3 Å². The Bertz CT molecular complexity index is 962. The smallest absolute Gasteiger partial charge is 0.337 e. The lowest BCUT2D eigenvalue weighted by Gasteiger charge is -2.12. The molecule has 0 aliphatic heterocycles. The van der Waals surface area contributed by atoms with Gasteiger partial charge in [-0.15, -0.1) is 0 Å². The minimum Gasteiger partial charge on any atom is -0.872 e. The predicted molar refractivity (Wildman–Crippen MR) is 86.4 cm³/mol. The van der Waals surface area contributed by atoms with E-state index in [-0.39, 0.29) is 16.7 Å². The van der Waals surface area contributed by atoms with Gasteiger partial charge in [0, 0.05) is 11.8 Å². The Morgan fingerprint density at radius 1 is 1.16 bits per heavy atom. The first kappa shape index (κ1) is 16.3. The van der Waals surface area contributed by atoms with E-state index in [0.29, 0.717) is 11.4 Å². The molecule has 0 spiro atoms. The molecule has 126 valence electrons. The van der Waals surface area contributed by atoms with Gasteiger partial charge in [0.25, 0.3) is 0 Å². The Kier molecular flexibility index (Phi) is 4.21. The highest BCUT2D eigenvalue weighted by Gasteiger charge is 2.16. The average Bonchev–Trinajstić information content (AvgIpc) is 3.11. The van der Waals surface area contributed by atoms with Crippen molar-refractivity contribution in [3.8, 4) is 17.2 Å². The van der Waals surface area contributed by atoms with Crippen molar-refractivity contribution in [1.82, 2.24) is 9.78 Å². The topological polar surface area (TPSA) is 104 Å². The van der Waals surface area contributed by atoms with Crippen molar-refractivity contribution < 1.29 is 24.5 Å². The Labute approximate surface area is 142 Å². The Morgan fingerprint density at radius 2 is 1.92 bits per heavy atom. The first-order valence-electron chi connectivity index (χ1n) is 7.28. The molecule has 0 atom stereocenters. The van der Waals surface area contributed by atoms with Crippen LogP contribution in [0.25, 0.3) is 5.69 Å². The fraction of sp³-hybridized carbons (Fsp3) is 0.0556. The highest BCUT2D eigenvalue weighted by atomic mass is 16.5. The van der Waals surface area contributed by atoms with Crippen LogP contribution in [-0.2, 0) is 0 Å². The van der Waals surface area contributed by atoms with E-state index in [0.717, 1.165) is 0 Å². The molecule has 0 fully saturated rings. The molecular formula is C18H13N2O5-. The molecule has 0 radical (unpaired) electrons. The van der Waals surface area contributed by atoms with Crippen LogP contribution in [0, 0.1) is 0 Å². The highest BCUT2D eigenvalue weighted by Crippen LogP contribution is 2.24. The van der Waals surface area contributed by atoms with Crippen LogP contribution in [0.5, 0.6) is 11.5 Å². The van der Waals surface area contributed by atoms with Crippen LogP contribution in [0.4, 0.5) is 0 Å². The summed E-state index contributed by atoms with van der Waals surface area (Å²) in [4.78, 5) is 23.9. The summed E-state index contributed by atoms with van der Waals surface area (Å²) >= 11 is 0. The van der Waals surface area contributed by atoms with Crippen LogP contribution in [0.15, 0.2) is 54.9 Å². The van der Waals surface area contributed by atoms with Gasteiger partial charge in [0.1, 0.15) is 5.75 Å². The van der Waals surface area contributed by atoms with Crippen LogP contribution >= 0.6 is 0 Å². The number of carboxylic acid groups (broad SMARTS) is 1. The molecule has 0 aliphatic carbocycles. The second-order valence-electron chi connectivity index (χ2n) is 5.19. The lowest BCUT2D eigenvalue weighted by molar-refractivity contribution is -0.268. The zero-order valence-electron chi connectivity index (χ0n) is 13.2. The maximum absolute atomic E-state index is 12.6. The molecule has 0 saturated heterocycles. The van der Waals surface area contributed by atoms with Crippen molar-refractivity contribution >= 4 is 11.8 Å². The van der Waals surface area contributed by atoms with Gasteiger partial charge in [0.15, 0.2) is 5.78 Å². The number of rotatable bonds is 5. The van der Waals surface area contributed by atoms with E-state index in [1.807, 2.05) is 0 Å². The van der Waals surface area contributed by atoms with Crippen molar-refractivity contribution in [2.75, 3.05) is 7.11 Å². The molecule has 0 saturated carbocycles. The summed E-state index contributed by atoms with van der Waals surface area (Å²) in [6.45, 7) is 0. The summed E-state index contributed by atoms with van der Waals surface area (Å²) in [5, 5.41) is 25.2. The number of nitrogens with zero attached hydrogens (tertiary/aromatic N) is 2. The van der Waals surface area contributed by atoms with Gasteiger partial charge in [0.2, 0.25) is 0 Å². The third-order valence-corrected chi connectivity index (χ3v) is 3.66. The summed E-state index contributed by atoms with van der Waals surface area (Å²) in [5.41, 5.74) is 0.508. The van der Waals surface area contributed by atoms with Gasteiger partial charge in [-0.25, -0.2) is 9.48 Å². The second kappa shape index (κ2) is 6.48. The second-order valence-corrected chi connectivity index (χ2v) is 5.19. The third-order valence-electron chi connectivity index (χ3n) is 3.66. The molecule has 7 heteroatoms. The standard InChI is InChI=1S/C18H14N2O5/c1-25-12-6-7-16(21)14(8-12)17(22)11-9-19-20(10-11)15-5-3-2-4-13(15)18(23)24/h2-10,21H,1H3,(H,23,24)/p-1. The highest BCUT2D eigenvalue weighted by molar-refractivity contribution is 6.10. The zero-order chi connectivity index (χ0) is 18.0. The number of aromatic nitrogens is 2. The van der Waals surface area contributed by atoms with Gasteiger partial charge in [-0.05, 0) is 24.3 Å². The molecule has 0 bridgehead atoms. The van der Waals surface area contributed by atoms with Crippen molar-refractivity contribution in [1.29, 1.82) is 0 Å². The van der Waals surface area contributed by atoms with Gasteiger partial charge in [-0.3, -0.25) is 4.79 Å². The van der Waals surface area contributed by atoms with Crippen molar-refractivity contribution in [2.45, 2.75) is 0 Å². The number of para-hydroxylation sites is 1. The summed E-state index contributed by atoms with van der Waals surface area (Å²) in [6.07, 6.45) is 2.68.